The monoisotopic (exact) mass is 235 g/mol. The number of fused-ring (bicyclic) bond motifs is 1. The van der Waals surface area contributed by atoms with Gasteiger partial charge in [0.05, 0.1) is 0 Å². The zero-order valence-corrected chi connectivity index (χ0v) is 9.58. The quantitative estimate of drug-likeness (QED) is 0.722. The average Bonchev–Trinajstić information content (AvgIpc) is 2.71. The second-order valence-electron chi connectivity index (χ2n) is 4.70. The van der Waals surface area contributed by atoms with Gasteiger partial charge in [0.15, 0.2) is 11.5 Å². The average molecular weight is 235 g/mol. The van der Waals surface area contributed by atoms with Gasteiger partial charge in [-0.15, -0.1) is 0 Å². The minimum absolute atomic E-state index is 0.0923. The van der Waals surface area contributed by atoms with Crippen molar-refractivity contribution in [1.29, 1.82) is 0 Å². The van der Waals surface area contributed by atoms with Gasteiger partial charge in [0, 0.05) is 25.2 Å². The molecule has 0 aliphatic carbocycles. The molecule has 1 aromatic rings. The lowest BCUT2D eigenvalue weighted by Gasteiger charge is -2.36. The van der Waals surface area contributed by atoms with E-state index < -0.39 is 0 Å². The summed E-state index contributed by atoms with van der Waals surface area (Å²) in [4.78, 5) is 2.05. The maximum atomic E-state index is 5.96. The van der Waals surface area contributed by atoms with E-state index in [1.165, 1.54) is 0 Å². The van der Waals surface area contributed by atoms with Crippen LogP contribution in [0.3, 0.4) is 0 Å². The summed E-state index contributed by atoms with van der Waals surface area (Å²) < 4.78 is 11.5. The highest BCUT2D eigenvalue weighted by atomic mass is 16.7. The van der Waals surface area contributed by atoms with Gasteiger partial charge in [-0.25, -0.2) is 4.90 Å². The van der Waals surface area contributed by atoms with E-state index in [-0.39, 0.29) is 18.5 Å². The van der Waals surface area contributed by atoms with E-state index in [0.29, 0.717) is 0 Å². The minimum atomic E-state index is -0.384. The van der Waals surface area contributed by atoms with Crippen molar-refractivity contribution in [3.8, 4) is 11.5 Å². The molecular weight excluding hydrogens is 218 g/mol. The maximum Gasteiger partial charge on any atom is 0.305 e. The molecule has 0 spiro atoms. The van der Waals surface area contributed by atoms with Crippen molar-refractivity contribution in [2.24, 2.45) is 11.5 Å². The number of nitrogens with zero attached hydrogens (tertiary/aromatic N) is 1. The third-order valence-corrected chi connectivity index (χ3v) is 3.15. The van der Waals surface area contributed by atoms with E-state index in [0.717, 1.165) is 31.0 Å². The van der Waals surface area contributed by atoms with Crippen molar-refractivity contribution < 1.29 is 9.47 Å². The molecule has 1 aromatic carbocycles. The lowest BCUT2D eigenvalue weighted by atomic mass is 10.0. The van der Waals surface area contributed by atoms with Gasteiger partial charge in [0.1, 0.15) is 0 Å². The fourth-order valence-electron chi connectivity index (χ4n) is 2.42. The highest BCUT2D eigenvalue weighted by Crippen LogP contribution is 2.35. The molecule has 5 heteroatoms. The molecule has 92 valence electrons. The molecular formula is C12H17N3O2. The molecule has 0 bridgehead atoms. The molecule has 2 atom stereocenters. The Morgan fingerprint density at radius 2 is 1.53 bits per heavy atom. The number of hydrogen-bond acceptors (Lipinski definition) is 5. The Bertz CT molecular complexity index is 377. The Labute approximate surface area is 100 Å². The number of nitrogens with two attached hydrogens (primary N) is 2. The molecule has 0 aromatic heterocycles. The van der Waals surface area contributed by atoms with Crippen LogP contribution in [0.2, 0.25) is 0 Å². The zero-order chi connectivity index (χ0) is 11.8. The van der Waals surface area contributed by atoms with Crippen LogP contribution >= 0.6 is 0 Å². The third-order valence-electron chi connectivity index (χ3n) is 3.15. The summed E-state index contributed by atoms with van der Waals surface area (Å²) in [6, 6.07) is 7.85. The van der Waals surface area contributed by atoms with Crippen LogP contribution in [-0.2, 0) is 0 Å². The summed E-state index contributed by atoms with van der Waals surface area (Å²) in [5.41, 5.74) is 11.9. The number of para-hydroxylation sites is 2. The van der Waals surface area contributed by atoms with Gasteiger partial charge in [-0.2, -0.15) is 0 Å². The summed E-state index contributed by atoms with van der Waals surface area (Å²) in [6.45, 7) is 1.51. The topological polar surface area (TPSA) is 73.7 Å². The molecule has 2 unspecified atom stereocenters. The summed E-state index contributed by atoms with van der Waals surface area (Å²) in [5, 5.41) is 0. The molecule has 2 aliphatic heterocycles. The molecule has 2 aliphatic rings. The third kappa shape index (κ3) is 2.09. The van der Waals surface area contributed by atoms with E-state index in [9.17, 15) is 0 Å². The Morgan fingerprint density at radius 3 is 2.06 bits per heavy atom. The van der Waals surface area contributed by atoms with E-state index in [1.54, 1.807) is 0 Å². The summed E-state index contributed by atoms with van der Waals surface area (Å²) in [5.74, 6) is 1.57. The predicted molar refractivity (Wildman–Crippen MR) is 63.6 cm³/mol. The number of rotatable bonds is 1. The minimum Gasteiger partial charge on any atom is -0.438 e. The first kappa shape index (κ1) is 10.8. The Hall–Kier alpha value is -1.30. The Kier molecular flexibility index (Phi) is 2.66. The smallest absolute Gasteiger partial charge is 0.305 e. The lowest BCUT2D eigenvalue weighted by molar-refractivity contribution is -0.100. The standard InChI is InChI=1S/C12H17N3O2/c13-8-5-9(14)7-15(6-8)12-16-10-3-1-2-4-11(10)17-12/h1-4,8-9,12H,5-7,13-14H2. The molecule has 0 radical (unpaired) electrons. The largest absolute Gasteiger partial charge is 0.438 e. The summed E-state index contributed by atoms with van der Waals surface area (Å²) >= 11 is 0. The second-order valence-corrected chi connectivity index (χ2v) is 4.70. The van der Waals surface area contributed by atoms with Crippen molar-refractivity contribution in [2.45, 2.75) is 24.9 Å². The first-order valence-corrected chi connectivity index (χ1v) is 5.90. The highest BCUT2D eigenvalue weighted by molar-refractivity contribution is 5.41. The normalized spacial score (nSPS) is 29.5. The van der Waals surface area contributed by atoms with Crippen molar-refractivity contribution in [3.63, 3.8) is 0 Å². The number of likely N-dealkylation sites (tertiary alicyclic amines) is 1. The first-order valence-electron chi connectivity index (χ1n) is 5.90. The fraction of sp³-hybridized carbons (Fsp3) is 0.500. The van der Waals surface area contributed by atoms with Crippen LogP contribution < -0.4 is 20.9 Å². The number of ether oxygens (including phenoxy) is 2. The number of benzene rings is 1. The second kappa shape index (κ2) is 4.18. The maximum absolute atomic E-state index is 5.96. The molecule has 0 amide bonds. The zero-order valence-electron chi connectivity index (χ0n) is 9.58. The first-order chi connectivity index (χ1) is 8.22. The predicted octanol–water partition coefficient (Wildman–Crippen LogP) is 0.102. The summed E-state index contributed by atoms with van der Waals surface area (Å²) in [7, 11) is 0. The van der Waals surface area contributed by atoms with Gasteiger partial charge in [-0.05, 0) is 18.6 Å². The molecule has 4 N–H and O–H groups in total. The van der Waals surface area contributed by atoms with Crippen molar-refractivity contribution in [3.05, 3.63) is 24.3 Å². The van der Waals surface area contributed by atoms with Crippen LogP contribution in [-0.4, -0.2) is 36.5 Å². The number of piperidine rings is 1. The van der Waals surface area contributed by atoms with Crippen LogP contribution in [0.1, 0.15) is 6.42 Å². The van der Waals surface area contributed by atoms with Crippen LogP contribution in [0.5, 0.6) is 11.5 Å². The lowest BCUT2D eigenvalue weighted by Crippen LogP contribution is -2.57. The molecule has 3 rings (SSSR count). The van der Waals surface area contributed by atoms with Gasteiger partial charge in [0.2, 0.25) is 0 Å². The van der Waals surface area contributed by atoms with Crippen LogP contribution in [0.4, 0.5) is 0 Å². The van der Waals surface area contributed by atoms with E-state index >= 15 is 0 Å². The molecule has 2 heterocycles. The van der Waals surface area contributed by atoms with Crippen LogP contribution in [0.15, 0.2) is 24.3 Å². The van der Waals surface area contributed by atoms with Gasteiger partial charge in [-0.1, -0.05) is 12.1 Å². The Balaban J connectivity index is 1.72. The molecule has 17 heavy (non-hydrogen) atoms. The fourth-order valence-corrected chi connectivity index (χ4v) is 2.42. The van der Waals surface area contributed by atoms with E-state index in [1.807, 2.05) is 24.3 Å². The molecule has 0 saturated carbocycles. The van der Waals surface area contributed by atoms with Gasteiger partial charge in [0.25, 0.3) is 0 Å². The van der Waals surface area contributed by atoms with Crippen molar-refractivity contribution in [1.82, 2.24) is 4.90 Å². The van der Waals surface area contributed by atoms with E-state index in [2.05, 4.69) is 4.90 Å². The number of hydrogen-bond donors (Lipinski definition) is 2. The SMILES string of the molecule is NC1CC(N)CN(C2Oc3ccccc3O2)C1. The van der Waals surface area contributed by atoms with Gasteiger partial charge >= 0.3 is 6.41 Å². The highest BCUT2D eigenvalue weighted by Gasteiger charge is 2.34. The van der Waals surface area contributed by atoms with Crippen molar-refractivity contribution >= 4 is 0 Å². The molecule has 1 saturated heterocycles. The van der Waals surface area contributed by atoms with E-state index in [4.69, 9.17) is 20.9 Å². The molecule has 1 fully saturated rings. The van der Waals surface area contributed by atoms with Crippen LogP contribution in [0, 0.1) is 0 Å². The molecule has 5 nitrogen and oxygen atoms in total. The van der Waals surface area contributed by atoms with Crippen LogP contribution in [0.25, 0.3) is 0 Å². The van der Waals surface area contributed by atoms with Gasteiger partial charge in [-0.3, -0.25) is 0 Å². The van der Waals surface area contributed by atoms with Gasteiger partial charge < -0.3 is 20.9 Å². The Morgan fingerprint density at radius 1 is 1.00 bits per heavy atom. The van der Waals surface area contributed by atoms with Crippen molar-refractivity contribution in [2.75, 3.05) is 13.1 Å². The summed E-state index contributed by atoms with van der Waals surface area (Å²) in [6.07, 6.45) is 0.473.